The van der Waals surface area contributed by atoms with Crippen molar-refractivity contribution in [2.75, 3.05) is 13.7 Å². The number of methoxy groups -OCH3 is 1. The molecule has 0 aromatic heterocycles. The molecule has 1 atom stereocenters. The minimum Gasteiger partial charge on any atom is -0.495 e. The first-order valence-corrected chi connectivity index (χ1v) is 9.59. The fraction of sp³-hybridized carbons (Fsp3) is 0.600. The second-order valence-corrected chi connectivity index (χ2v) is 8.10. The molecule has 1 unspecified atom stereocenters. The van der Waals surface area contributed by atoms with Gasteiger partial charge in [-0.2, -0.15) is 4.31 Å². The van der Waals surface area contributed by atoms with E-state index in [1.54, 1.807) is 22.5 Å². The first-order valence-electron chi connectivity index (χ1n) is 7.36. The fourth-order valence-corrected chi connectivity index (χ4v) is 5.32. The number of ether oxygens (including phenoxy) is 1. The van der Waals surface area contributed by atoms with Gasteiger partial charge < -0.3 is 4.74 Å². The average Bonchev–Trinajstić information content (AvgIpc) is 2.72. The van der Waals surface area contributed by atoms with E-state index < -0.39 is 10.0 Å². The minimum absolute atomic E-state index is 0.0844. The van der Waals surface area contributed by atoms with Crippen molar-refractivity contribution in [1.82, 2.24) is 4.31 Å². The molecule has 0 bridgehead atoms. The molecular formula is C15H22BrNO3S. The van der Waals surface area contributed by atoms with Gasteiger partial charge in [-0.1, -0.05) is 35.7 Å². The lowest BCUT2D eigenvalue weighted by atomic mass is 10.1. The normalized spacial score (nSPS) is 21.0. The van der Waals surface area contributed by atoms with Gasteiger partial charge in [-0.25, -0.2) is 8.42 Å². The highest BCUT2D eigenvalue weighted by molar-refractivity contribution is 9.10. The Kier molecular flexibility index (Phi) is 5.68. The minimum atomic E-state index is -3.53. The molecule has 0 spiro atoms. The van der Waals surface area contributed by atoms with E-state index in [4.69, 9.17) is 4.74 Å². The van der Waals surface area contributed by atoms with Crippen LogP contribution in [0.1, 0.15) is 39.0 Å². The monoisotopic (exact) mass is 375 g/mol. The van der Waals surface area contributed by atoms with Gasteiger partial charge in [0.15, 0.2) is 0 Å². The number of nitrogens with zero attached hydrogens (tertiary/aromatic N) is 1. The predicted octanol–water partition coefficient (Wildman–Crippen LogP) is 3.80. The highest BCUT2D eigenvalue weighted by Gasteiger charge is 2.33. The van der Waals surface area contributed by atoms with Crippen LogP contribution in [0.15, 0.2) is 27.6 Å². The summed E-state index contributed by atoms with van der Waals surface area (Å²) in [7, 11) is -2.03. The molecule has 1 aliphatic heterocycles. The van der Waals surface area contributed by atoms with Gasteiger partial charge in [0.05, 0.1) is 7.11 Å². The highest BCUT2D eigenvalue weighted by atomic mass is 79.9. The Morgan fingerprint density at radius 3 is 2.76 bits per heavy atom. The van der Waals surface area contributed by atoms with Crippen LogP contribution < -0.4 is 4.74 Å². The Morgan fingerprint density at radius 1 is 1.33 bits per heavy atom. The quantitative estimate of drug-likeness (QED) is 0.803. The summed E-state index contributed by atoms with van der Waals surface area (Å²) in [6.07, 6.45) is 4.89. The summed E-state index contributed by atoms with van der Waals surface area (Å²) in [4.78, 5) is 0.250. The van der Waals surface area contributed by atoms with E-state index in [0.29, 0.717) is 12.3 Å². The van der Waals surface area contributed by atoms with Crippen molar-refractivity contribution in [3.63, 3.8) is 0 Å². The highest BCUT2D eigenvalue weighted by Crippen LogP contribution is 2.33. The number of halogens is 1. The molecule has 0 amide bonds. The van der Waals surface area contributed by atoms with Gasteiger partial charge in [-0.3, -0.25) is 0 Å². The Balaban J connectivity index is 2.46. The smallest absolute Gasteiger partial charge is 0.247 e. The van der Waals surface area contributed by atoms with Gasteiger partial charge in [0.2, 0.25) is 10.0 Å². The first-order chi connectivity index (χ1) is 10.0. The molecule has 1 heterocycles. The number of rotatable bonds is 4. The molecule has 118 valence electrons. The van der Waals surface area contributed by atoms with Gasteiger partial charge in [-0.15, -0.1) is 0 Å². The number of hydrogen-bond donors (Lipinski definition) is 0. The Labute approximate surface area is 135 Å². The van der Waals surface area contributed by atoms with Crippen LogP contribution in [0.25, 0.3) is 0 Å². The van der Waals surface area contributed by atoms with Crippen molar-refractivity contribution in [3.8, 4) is 5.75 Å². The van der Waals surface area contributed by atoms with Crippen LogP contribution in [0.4, 0.5) is 0 Å². The molecule has 21 heavy (non-hydrogen) atoms. The number of hydrogen-bond acceptors (Lipinski definition) is 3. The zero-order valence-corrected chi connectivity index (χ0v) is 14.9. The lowest BCUT2D eigenvalue weighted by Crippen LogP contribution is -2.39. The van der Waals surface area contributed by atoms with Crippen LogP contribution in [0.5, 0.6) is 5.75 Å². The van der Waals surface area contributed by atoms with Crippen molar-refractivity contribution in [2.24, 2.45) is 0 Å². The topological polar surface area (TPSA) is 46.6 Å². The van der Waals surface area contributed by atoms with E-state index >= 15 is 0 Å². The van der Waals surface area contributed by atoms with E-state index in [1.807, 2.05) is 0 Å². The second-order valence-electron chi connectivity index (χ2n) is 5.32. The molecule has 1 saturated heterocycles. The van der Waals surface area contributed by atoms with Gasteiger partial charge in [0, 0.05) is 17.1 Å². The lowest BCUT2D eigenvalue weighted by Gasteiger charge is -2.29. The molecule has 0 N–H and O–H groups in total. The van der Waals surface area contributed by atoms with Crippen LogP contribution in [0.2, 0.25) is 0 Å². The predicted molar refractivity (Wildman–Crippen MR) is 87.1 cm³/mol. The summed E-state index contributed by atoms with van der Waals surface area (Å²) < 4.78 is 33.8. The van der Waals surface area contributed by atoms with E-state index in [0.717, 1.165) is 36.6 Å². The molecular weight excluding hydrogens is 354 g/mol. The lowest BCUT2D eigenvalue weighted by molar-refractivity contribution is 0.312. The standard InChI is InChI=1S/C15H22BrNO3S/c1-3-13-7-5-4-6-10-17(13)21(18,19)15-11-12(16)8-9-14(15)20-2/h8-9,11,13H,3-7,10H2,1-2H3. The summed E-state index contributed by atoms with van der Waals surface area (Å²) >= 11 is 3.35. The van der Waals surface area contributed by atoms with Gasteiger partial charge in [-0.05, 0) is 37.5 Å². The van der Waals surface area contributed by atoms with Crippen LogP contribution >= 0.6 is 15.9 Å². The number of sulfonamides is 1. The summed E-state index contributed by atoms with van der Waals surface area (Å²) in [6, 6.07) is 5.19. The average molecular weight is 376 g/mol. The maximum atomic E-state index is 13.1. The van der Waals surface area contributed by atoms with E-state index in [1.165, 1.54) is 7.11 Å². The number of benzene rings is 1. The zero-order valence-electron chi connectivity index (χ0n) is 12.5. The largest absolute Gasteiger partial charge is 0.495 e. The molecule has 0 saturated carbocycles. The maximum Gasteiger partial charge on any atom is 0.247 e. The summed E-state index contributed by atoms with van der Waals surface area (Å²) in [5.41, 5.74) is 0. The van der Waals surface area contributed by atoms with Crippen molar-refractivity contribution >= 4 is 26.0 Å². The van der Waals surface area contributed by atoms with Crippen molar-refractivity contribution in [1.29, 1.82) is 0 Å². The third-order valence-electron chi connectivity index (χ3n) is 4.01. The molecule has 6 heteroatoms. The molecule has 4 nitrogen and oxygen atoms in total. The van der Waals surface area contributed by atoms with Crippen molar-refractivity contribution in [3.05, 3.63) is 22.7 Å². The van der Waals surface area contributed by atoms with Crippen molar-refractivity contribution < 1.29 is 13.2 Å². The third-order valence-corrected chi connectivity index (χ3v) is 6.47. The van der Waals surface area contributed by atoms with Crippen LogP contribution in [0, 0.1) is 0 Å². The fourth-order valence-electron chi connectivity index (χ4n) is 2.85. The van der Waals surface area contributed by atoms with E-state index in [2.05, 4.69) is 22.9 Å². The van der Waals surface area contributed by atoms with Crippen LogP contribution in [0.3, 0.4) is 0 Å². The van der Waals surface area contributed by atoms with Crippen LogP contribution in [-0.4, -0.2) is 32.4 Å². The van der Waals surface area contributed by atoms with E-state index in [-0.39, 0.29) is 10.9 Å². The van der Waals surface area contributed by atoms with Gasteiger partial charge in [0.1, 0.15) is 10.6 Å². The molecule has 0 radical (unpaired) electrons. The Hall–Kier alpha value is -0.590. The molecule has 0 aliphatic carbocycles. The molecule has 1 aromatic carbocycles. The molecule has 2 rings (SSSR count). The van der Waals surface area contributed by atoms with Crippen molar-refractivity contribution in [2.45, 2.75) is 50.0 Å². The first kappa shape index (κ1) is 16.8. The maximum absolute atomic E-state index is 13.1. The molecule has 1 aliphatic rings. The Morgan fingerprint density at radius 2 is 2.10 bits per heavy atom. The van der Waals surface area contributed by atoms with Gasteiger partial charge >= 0.3 is 0 Å². The summed E-state index contributed by atoms with van der Waals surface area (Å²) in [5.74, 6) is 0.400. The second kappa shape index (κ2) is 7.11. The zero-order chi connectivity index (χ0) is 15.5. The summed E-state index contributed by atoms with van der Waals surface area (Å²) in [6.45, 7) is 2.65. The SMILES string of the molecule is CCC1CCCCCN1S(=O)(=O)c1cc(Br)ccc1OC. The Bertz CT molecular complexity index is 589. The van der Waals surface area contributed by atoms with E-state index in [9.17, 15) is 8.42 Å². The van der Waals surface area contributed by atoms with Gasteiger partial charge in [0.25, 0.3) is 0 Å². The molecule has 1 aromatic rings. The molecule has 1 fully saturated rings. The summed E-state index contributed by atoms with van der Waals surface area (Å²) in [5, 5.41) is 0. The third kappa shape index (κ3) is 3.60. The van der Waals surface area contributed by atoms with Crippen LogP contribution in [-0.2, 0) is 10.0 Å².